The molecule has 1 aromatic heterocycles. The zero-order valence-electron chi connectivity index (χ0n) is 13.3. The molecule has 132 valence electrons. The molecule has 0 saturated carbocycles. The number of ether oxygens (including phenoxy) is 1. The molecule has 0 spiro atoms. The van der Waals surface area contributed by atoms with E-state index in [9.17, 15) is 14.4 Å². The fourth-order valence-electron chi connectivity index (χ4n) is 2.17. The average molecular weight is 387 g/mol. The molecule has 26 heavy (non-hydrogen) atoms. The quantitative estimate of drug-likeness (QED) is 0.698. The lowest BCUT2D eigenvalue weighted by Crippen LogP contribution is -2.33. The molecule has 1 aliphatic rings. The number of amides is 3. The summed E-state index contributed by atoms with van der Waals surface area (Å²) in [6, 6.07) is 9.10. The van der Waals surface area contributed by atoms with Crippen LogP contribution >= 0.6 is 23.1 Å². The van der Waals surface area contributed by atoms with E-state index in [1.807, 2.05) is 24.3 Å². The number of benzene rings is 1. The Kier molecular flexibility index (Phi) is 5.46. The molecule has 3 rings (SSSR count). The molecular weight excluding hydrogens is 374 g/mol. The van der Waals surface area contributed by atoms with Crippen molar-refractivity contribution < 1.29 is 19.1 Å². The Morgan fingerprint density at radius 2 is 2.08 bits per heavy atom. The van der Waals surface area contributed by atoms with Gasteiger partial charge in [-0.2, -0.15) is 0 Å². The summed E-state index contributed by atoms with van der Waals surface area (Å²) in [5.74, 6) is 1.15. The first-order valence-electron chi connectivity index (χ1n) is 7.40. The van der Waals surface area contributed by atoms with Crippen LogP contribution in [0.3, 0.4) is 0 Å². The number of rotatable bonds is 4. The van der Waals surface area contributed by atoms with Gasteiger partial charge in [0.2, 0.25) is 0 Å². The van der Waals surface area contributed by atoms with Crippen molar-refractivity contribution >= 4 is 51.7 Å². The van der Waals surface area contributed by atoms with Crippen LogP contribution in [0.15, 0.2) is 40.6 Å². The van der Waals surface area contributed by atoms with Crippen LogP contribution in [0.25, 0.3) is 0 Å². The van der Waals surface area contributed by atoms with Gasteiger partial charge in [0.1, 0.15) is 5.00 Å². The van der Waals surface area contributed by atoms with Crippen LogP contribution < -0.4 is 16.0 Å². The molecule has 0 aliphatic carbocycles. The predicted molar refractivity (Wildman–Crippen MR) is 100 cm³/mol. The van der Waals surface area contributed by atoms with Gasteiger partial charge in [-0.15, -0.1) is 17.8 Å². The number of terminal acetylenes is 1. The molecule has 0 fully saturated rings. The van der Waals surface area contributed by atoms with Crippen molar-refractivity contribution in [2.24, 2.45) is 0 Å². The number of anilines is 2. The molecular formula is C17H13N3O4S2. The molecule has 0 radical (unpaired) electrons. The second-order valence-electron chi connectivity index (χ2n) is 5.03. The third-order valence-electron chi connectivity index (χ3n) is 3.31. The summed E-state index contributed by atoms with van der Waals surface area (Å²) >= 11 is 2.57. The summed E-state index contributed by atoms with van der Waals surface area (Å²) in [6.07, 6.45) is 4.03. The van der Waals surface area contributed by atoms with Crippen molar-refractivity contribution in [1.82, 2.24) is 5.32 Å². The first-order chi connectivity index (χ1) is 12.6. The minimum atomic E-state index is -0.945. The Bertz CT molecular complexity index is 878. The molecule has 3 amide bonds. The molecule has 0 saturated heterocycles. The molecule has 1 aromatic carbocycles. The third-order valence-corrected chi connectivity index (χ3v) is 5.31. The summed E-state index contributed by atoms with van der Waals surface area (Å²) in [7, 11) is 0. The van der Waals surface area contributed by atoms with Gasteiger partial charge in [0.15, 0.2) is 12.0 Å². The maximum atomic E-state index is 12.5. The zero-order chi connectivity index (χ0) is 18.5. The van der Waals surface area contributed by atoms with Gasteiger partial charge in [-0.3, -0.25) is 14.9 Å². The first-order valence-corrected chi connectivity index (χ1v) is 9.16. The van der Waals surface area contributed by atoms with Crippen molar-refractivity contribution in [3.8, 4) is 12.3 Å². The molecule has 3 N–H and O–H groups in total. The topological polar surface area (TPSA) is 96.5 Å². The third kappa shape index (κ3) is 3.99. The number of carbonyl (C=O) groups is 3. The minimum Gasteiger partial charge on any atom is -0.436 e. The number of para-hydroxylation sites is 1. The number of hydrogen-bond acceptors (Lipinski definition) is 7. The Morgan fingerprint density at radius 1 is 1.27 bits per heavy atom. The van der Waals surface area contributed by atoms with Crippen molar-refractivity contribution in [3.63, 3.8) is 0 Å². The van der Waals surface area contributed by atoms with E-state index < -0.39 is 17.4 Å². The highest BCUT2D eigenvalue weighted by atomic mass is 32.2. The van der Waals surface area contributed by atoms with Crippen molar-refractivity contribution in [1.29, 1.82) is 0 Å². The highest BCUT2D eigenvalue weighted by Crippen LogP contribution is 2.38. The van der Waals surface area contributed by atoms with Gasteiger partial charge in [-0.1, -0.05) is 29.8 Å². The molecule has 9 heteroatoms. The number of imide groups is 1. The molecule has 2 aromatic rings. The average Bonchev–Trinajstić information content (AvgIpc) is 3.26. The van der Waals surface area contributed by atoms with Crippen molar-refractivity contribution in [2.75, 3.05) is 17.2 Å². The smallest absolute Gasteiger partial charge is 0.415 e. The first kappa shape index (κ1) is 17.8. The fourth-order valence-corrected chi connectivity index (χ4v) is 3.98. The molecule has 0 bridgehead atoms. The molecule has 7 nitrogen and oxygen atoms in total. The lowest BCUT2D eigenvalue weighted by molar-refractivity contribution is -0.115. The van der Waals surface area contributed by atoms with E-state index >= 15 is 0 Å². The van der Waals surface area contributed by atoms with E-state index in [2.05, 4.69) is 26.6 Å². The normalized spacial score (nSPS) is 14.5. The van der Waals surface area contributed by atoms with Crippen LogP contribution in [0.1, 0.15) is 10.4 Å². The van der Waals surface area contributed by atoms with Gasteiger partial charge in [0, 0.05) is 10.6 Å². The van der Waals surface area contributed by atoms with Gasteiger partial charge >= 0.3 is 6.09 Å². The Balaban J connectivity index is 1.62. The van der Waals surface area contributed by atoms with E-state index in [0.717, 1.165) is 10.6 Å². The van der Waals surface area contributed by atoms with Crippen LogP contribution in [0, 0.1) is 12.3 Å². The second-order valence-corrected chi connectivity index (χ2v) is 7.09. The predicted octanol–water partition coefficient (Wildman–Crippen LogP) is 2.73. The van der Waals surface area contributed by atoms with E-state index in [1.165, 1.54) is 29.2 Å². The maximum absolute atomic E-state index is 12.5. The van der Waals surface area contributed by atoms with E-state index in [4.69, 9.17) is 6.42 Å². The van der Waals surface area contributed by atoms with Gasteiger partial charge in [0.25, 0.3) is 11.8 Å². The van der Waals surface area contributed by atoms with Crippen LogP contribution in [0.4, 0.5) is 15.5 Å². The Morgan fingerprint density at radius 3 is 2.85 bits per heavy atom. The summed E-state index contributed by atoms with van der Waals surface area (Å²) in [6.45, 7) is -0.239. The van der Waals surface area contributed by atoms with Gasteiger partial charge < -0.3 is 15.4 Å². The highest BCUT2D eigenvalue weighted by molar-refractivity contribution is 8.01. The summed E-state index contributed by atoms with van der Waals surface area (Å²) < 4.78 is 4.59. The largest absolute Gasteiger partial charge is 0.436 e. The summed E-state index contributed by atoms with van der Waals surface area (Å²) in [4.78, 5) is 37.0. The zero-order valence-corrected chi connectivity index (χ0v) is 14.9. The number of fused-ring (bicyclic) bond motifs is 1. The van der Waals surface area contributed by atoms with E-state index in [1.54, 1.807) is 5.38 Å². The van der Waals surface area contributed by atoms with Crippen LogP contribution in [0.2, 0.25) is 0 Å². The minimum absolute atomic E-state index is 0.168. The number of thioether (sulfide) groups is 1. The van der Waals surface area contributed by atoms with Crippen LogP contribution in [0.5, 0.6) is 0 Å². The SMILES string of the molecule is C#CCOC(=O)NC(=O)c1ccsc1NC(=O)C1Nc2ccccc2S1. The molecule has 1 aliphatic heterocycles. The van der Waals surface area contributed by atoms with Crippen LogP contribution in [-0.4, -0.2) is 29.9 Å². The number of alkyl carbamates (subject to hydrolysis) is 1. The Labute approximate surface area is 157 Å². The molecule has 1 unspecified atom stereocenters. The number of carbonyl (C=O) groups excluding carboxylic acids is 3. The van der Waals surface area contributed by atoms with E-state index in [-0.39, 0.29) is 18.1 Å². The fraction of sp³-hybridized carbons (Fsp3) is 0.118. The second kappa shape index (κ2) is 7.95. The maximum Gasteiger partial charge on any atom is 0.415 e. The monoisotopic (exact) mass is 387 g/mol. The lowest BCUT2D eigenvalue weighted by atomic mass is 10.3. The number of nitrogens with one attached hydrogen (secondary N) is 3. The molecule has 2 heterocycles. The van der Waals surface area contributed by atoms with E-state index in [0.29, 0.717) is 5.00 Å². The number of hydrogen-bond donors (Lipinski definition) is 3. The number of thiophene rings is 1. The van der Waals surface area contributed by atoms with Gasteiger partial charge in [-0.25, -0.2) is 4.79 Å². The highest BCUT2D eigenvalue weighted by Gasteiger charge is 2.28. The molecule has 1 atom stereocenters. The summed E-state index contributed by atoms with van der Waals surface area (Å²) in [5.41, 5.74) is 1.06. The lowest BCUT2D eigenvalue weighted by Gasteiger charge is -2.11. The summed E-state index contributed by atoms with van der Waals surface area (Å²) in [5, 5.41) is 9.36. The van der Waals surface area contributed by atoms with Gasteiger partial charge in [-0.05, 0) is 23.6 Å². The van der Waals surface area contributed by atoms with Crippen molar-refractivity contribution in [2.45, 2.75) is 10.3 Å². The van der Waals surface area contributed by atoms with Crippen LogP contribution in [-0.2, 0) is 9.53 Å². The Hall–Kier alpha value is -2.96. The standard InChI is InChI=1S/C17H13N3O4S2/c1-2-8-24-17(23)20-13(21)10-7-9-25-15(10)19-14(22)16-18-11-5-3-4-6-12(11)26-16/h1,3-7,9,16,18H,8H2,(H,19,22)(H,20,21,23). The van der Waals surface area contributed by atoms with Crippen molar-refractivity contribution in [3.05, 3.63) is 41.3 Å². The van der Waals surface area contributed by atoms with Gasteiger partial charge in [0.05, 0.1) is 5.56 Å².